The summed E-state index contributed by atoms with van der Waals surface area (Å²) in [4.78, 5) is 14.6. The van der Waals surface area contributed by atoms with Crippen LogP contribution in [-0.2, 0) is 0 Å². The maximum absolute atomic E-state index is 12.7. The van der Waals surface area contributed by atoms with Gasteiger partial charge in [-0.1, -0.05) is 6.07 Å². The Labute approximate surface area is 154 Å². The lowest BCUT2D eigenvalue weighted by Gasteiger charge is -2.32. The number of hydrogen-bond acceptors (Lipinski definition) is 4. The number of nitrogens with zero attached hydrogens (tertiary/aromatic N) is 3. The SMILES string of the molecule is CNC1CCCN(C(=O)c2ccn(-c3cc(C)ccc3OC)n2)C1.Cl. The molecule has 1 aromatic heterocycles. The molecule has 25 heavy (non-hydrogen) atoms. The molecule has 136 valence electrons. The van der Waals surface area contributed by atoms with E-state index in [4.69, 9.17) is 4.74 Å². The first-order valence-electron chi connectivity index (χ1n) is 8.29. The molecule has 0 spiro atoms. The minimum atomic E-state index is -0.0136. The van der Waals surface area contributed by atoms with E-state index in [0.717, 1.165) is 42.9 Å². The van der Waals surface area contributed by atoms with Crippen molar-refractivity contribution in [3.63, 3.8) is 0 Å². The number of ether oxygens (including phenoxy) is 1. The number of piperidine rings is 1. The fourth-order valence-corrected chi connectivity index (χ4v) is 3.11. The summed E-state index contributed by atoms with van der Waals surface area (Å²) in [6.07, 6.45) is 3.93. The first kappa shape index (κ1) is 19.3. The number of halogens is 1. The second-order valence-corrected chi connectivity index (χ2v) is 6.20. The van der Waals surface area contributed by atoms with E-state index in [1.807, 2.05) is 43.3 Å². The summed E-state index contributed by atoms with van der Waals surface area (Å²) in [5.74, 6) is 0.719. The van der Waals surface area contributed by atoms with Gasteiger partial charge in [0.15, 0.2) is 5.69 Å². The Bertz CT molecular complexity index is 732. The second kappa shape index (κ2) is 8.36. The third kappa shape index (κ3) is 4.14. The molecule has 1 aliphatic rings. The van der Waals surface area contributed by atoms with Crippen LogP contribution in [0.2, 0.25) is 0 Å². The predicted molar refractivity (Wildman–Crippen MR) is 100 cm³/mol. The van der Waals surface area contributed by atoms with Crippen LogP contribution in [0.3, 0.4) is 0 Å². The van der Waals surface area contributed by atoms with Crippen LogP contribution in [-0.4, -0.2) is 53.9 Å². The average Bonchev–Trinajstić information content (AvgIpc) is 3.11. The number of rotatable bonds is 4. The Morgan fingerprint density at radius 1 is 1.36 bits per heavy atom. The smallest absolute Gasteiger partial charge is 0.274 e. The topological polar surface area (TPSA) is 59.4 Å². The molecular weight excluding hydrogens is 340 g/mol. The Hall–Kier alpha value is -2.05. The molecule has 0 radical (unpaired) electrons. The number of likely N-dealkylation sites (tertiary alicyclic amines) is 1. The number of aryl methyl sites for hydroxylation is 1. The molecule has 6 nitrogen and oxygen atoms in total. The van der Waals surface area contributed by atoms with Gasteiger partial charge in [-0.15, -0.1) is 12.4 Å². The molecule has 1 saturated heterocycles. The van der Waals surface area contributed by atoms with Crippen LogP contribution in [0, 0.1) is 6.92 Å². The van der Waals surface area contributed by atoms with Gasteiger partial charge in [0.25, 0.3) is 5.91 Å². The minimum absolute atomic E-state index is 0. The molecule has 0 saturated carbocycles. The standard InChI is InChI=1S/C18H24N4O2.ClH/c1-13-6-7-17(24-3)16(11-13)22-10-8-15(20-22)18(23)21-9-4-5-14(12-21)19-2;/h6-8,10-11,14,19H,4-5,9,12H2,1-3H3;1H. The third-order valence-electron chi connectivity index (χ3n) is 4.51. The van der Waals surface area contributed by atoms with Crippen molar-refractivity contribution in [2.24, 2.45) is 0 Å². The Kier molecular flexibility index (Phi) is 6.45. The summed E-state index contributed by atoms with van der Waals surface area (Å²) in [7, 11) is 3.58. The van der Waals surface area contributed by atoms with Crippen molar-refractivity contribution in [1.29, 1.82) is 0 Å². The van der Waals surface area contributed by atoms with Crippen molar-refractivity contribution in [2.75, 3.05) is 27.2 Å². The number of hydrogen-bond donors (Lipinski definition) is 1. The predicted octanol–water partition coefficient (Wildman–Crippen LogP) is 2.44. The van der Waals surface area contributed by atoms with E-state index in [0.29, 0.717) is 11.7 Å². The van der Waals surface area contributed by atoms with Crippen LogP contribution in [0.5, 0.6) is 5.75 Å². The van der Waals surface area contributed by atoms with E-state index in [1.165, 1.54) is 0 Å². The number of methoxy groups -OCH3 is 1. The molecule has 2 heterocycles. The molecule has 2 aromatic rings. The van der Waals surface area contributed by atoms with Crippen LogP contribution in [0.4, 0.5) is 0 Å². The van der Waals surface area contributed by atoms with Gasteiger partial charge in [-0.25, -0.2) is 4.68 Å². The van der Waals surface area contributed by atoms with E-state index in [2.05, 4.69) is 10.4 Å². The van der Waals surface area contributed by atoms with Gasteiger partial charge in [0.1, 0.15) is 11.4 Å². The summed E-state index contributed by atoms with van der Waals surface area (Å²) in [6.45, 7) is 3.54. The van der Waals surface area contributed by atoms with Gasteiger partial charge in [0.2, 0.25) is 0 Å². The normalized spacial score (nSPS) is 17.1. The Morgan fingerprint density at radius 3 is 2.88 bits per heavy atom. The fraction of sp³-hybridized carbons (Fsp3) is 0.444. The lowest BCUT2D eigenvalue weighted by atomic mass is 10.1. The maximum Gasteiger partial charge on any atom is 0.274 e. The van der Waals surface area contributed by atoms with Crippen molar-refractivity contribution < 1.29 is 9.53 Å². The number of carbonyl (C=O) groups excluding carboxylic acids is 1. The third-order valence-corrected chi connectivity index (χ3v) is 4.51. The highest BCUT2D eigenvalue weighted by molar-refractivity contribution is 5.92. The first-order chi connectivity index (χ1) is 11.6. The Balaban J connectivity index is 0.00000225. The van der Waals surface area contributed by atoms with Crippen molar-refractivity contribution in [3.05, 3.63) is 41.7 Å². The first-order valence-corrected chi connectivity index (χ1v) is 8.29. The molecular formula is C18H25ClN4O2. The van der Waals surface area contributed by atoms with Gasteiger partial charge in [-0.05, 0) is 50.6 Å². The van der Waals surface area contributed by atoms with Crippen molar-refractivity contribution in [2.45, 2.75) is 25.8 Å². The van der Waals surface area contributed by atoms with Crippen molar-refractivity contribution in [3.8, 4) is 11.4 Å². The van der Waals surface area contributed by atoms with Crippen LogP contribution in [0.15, 0.2) is 30.5 Å². The van der Waals surface area contributed by atoms with Gasteiger partial charge in [-0.2, -0.15) is 5.10 Å². The molecule has 1 N–H and O–H groups in total. The average molecular weight is 365 g/mol. The molecule has 1 fully saturated rings. The maximum atomic E-state index is 12.7. The van der Waals surface area contributed by atoms with Gasteiger partial charge in [0.05, 0.1) is 7.11 Å². The Morgan fingerprint density at radius 2 is 2.16 bits per heavy atom. The highest BCUT2D eigenvalue weighted by atomic mass is 35.5. The van der Waals surface area contributed by atoms with Gasteiger partial charge < -0.3 is 15.0 Å². The number of likely N-dealkylation sites (N-methyl/N-ethyl adjacent to an activating group) is 1. The van der Waals surface area contributed by atoms with Gasteiger partial charge in [0, 0.05) is 25.3 Å². The number of amides is 1. The molecule has 1 atom stereocenters. The zero-order chi connectivity index (χ0) is 17.1. The number of carbonyl (C=O) groups is 1. The van der Waals surface area contributed by atoms with E-state index in [1.54, 1.807) is 17.9 Å². The van der Waals surface area contributed by atoms with Crippen LogP contribution in [0.25, 0.3) is 5.69 Å². The molecule has 3 rings (SSSR count). The van der Waals surface area contributed by atoms with Gasteiger partial charge in [-0.3, -0.25) is 4.79 Å². The summed E-state index contributed by atoms with van der Waals surface area (Å²) in [5, 5.41) is 7.74. The number of benzene rings is 1. The molecule has 1 amide bonds. The monoisotopic (exact) mass is 364 g/mol. The van der Waals surface area contributed by atoms with Crippen molar-refractivity contribution >= 4 is 18.3 Å². The minimum Gasteiger partial charge on any atom is -0.494 e. The summed E-state index contributed by atoms with van der Waals surface area (Å²) < 4.78 is 7.11. The van der Waals surface area contributed by atoms with E-state index in [-0.39, 0.29) is 18.3 Å². The molecule has 7 heteroatoms. The number of nitrogens with one attached hydrogen (secondary N) is 1. The quantitative estimate of drug-likeness (QED) is 0.905. The zero-order valence-electron chi connectivity index (χ0n) is 14.9. The molecule has 0 bridgehead atoms. The molecule has 0 aliphatic carbocycles. The second-order valence-electron chi connectivity index (χ2n) is 6.20. The highest BCUT2D eigenvalue weighted by Crippen LogP contribution is 2.24. The highest BCUT2D eigenvalue weighted by Gasteiger charge is 2.25. The van der Waals surface area contributed by atoms with Gasteiger partial charge >= 0.3 is 0 Å². The summed E-state index contributed by atoms with van der Waals surface area (Å²) >= 11 is 0. The van der Waals surface area contributed by atoms with E-state index in [9.17, 15) is 4.79 Å². The van der Waals surface area contributed by atoms with Crippen molar-refractivity contribution in [1.82, 2.24) is 20.0 Å². The number of aromatic nitrogens is 2. The summed E-state index contributed by atoms with van der Waals surface area (Å²) in [6, 6.07) is 8.03. The lowest BCUT2D eigenvalue weighted by Crippen LogP contribution is -2.47. The van der Waals surface area contributed by atoms with Crippen LogP contribution >= 0.6 is 12.4 Å². The van der Waals surface area contributed by atoms with E-state index < -0.39 is 0 Å². The lowest BCUT2D eigenvalue weighted by molar-refractivity contribution is 0.0691. The molecule has 1 aliphatic heterocycles. The zero-order valence-corrected chi connectivity index (χ0v) is 15.7. The van der Waals surface area contributed by atoms with E-state index >= 15 is 0 Å². The largest absolute Gasteiger partial charge is 0.494 e. The summed E-state index contributed by atoms with van der Waals surface area (Å²) in [5.41, 5.74) is 2.42. The van der Waals surface area contributed by atoms with Crippen LogP contribution in [0.1, 0.15) is 28.9 Å². The fourth-order valence-electron chi connectivity index (χ4n) is 3.11. The van der Waals surface area contributed by atoms with Crippen LogP contribution < -0.4 is 10.1 Å². The molecule has 1 aromatic carbocycles. The molecule has 1 unspecified atom stereocenters.